The summed E-state index contributed by atoms with van der Waals surface area (Å²) in [5.41, 5.74) is 4.88. The van der Waals surface area contributed by atoms with Gasteiger partial charge in [-0.3, -0.25) is 9.98 Å². The maximum Gasteiger partial charge on any atom is 2.00 e. The second-order valence-corrected chi connectivity index (χ2v) is 6.06. The van der Waals surface area contributed by atoms with Crippen LogP contribution < -0.4 is 24.8 Å². The standard InChI is InChI=1S/C21H18ClN3.2ClH.Fe/c1-15(23-18-9-5-3-6-10-18)20-13-17(22)14-21(25-20)16(2)24-19-11-7-4-8-12-19;;;/h3-14H,1-2H3;2*1H;/q;;;+2/p-2. The second kappa shape index (κ2) is 12.7. The minimum Gasteiger partial charge on any atom is -1.00 e. The van der Waals surface area contributed by atoms with E-state index in [1.165, 1.54) is 0 Å². The number of benzene rings is 2. The Morgan fingerprint density at radius 1 is 0.714 bits per heavy atom. The number of pyridine rings is 1. The monoisotopic (exact) mass is 473 g/mol. The molecule has 3 rings (SSSR count). The smallest absolute Gasteiger partial charge is 1.00 e. The SMILES string of the molecule is CC(=Nc1ccccc1)c1cc(Cl)cc(C(C)=Nc2ccccc2)n1.[Cl-].[Cl-].[Fe+2]. The fourth-order valence-electron chi connectivity index (χ4n) is 2.37. The first-order chi connectivity index (χ1) is 12.1. The fourth-order valence-corrected chi connectivity index (χ4v) is 2.58. The molecule has 0 unspecified atom stereocenters. The van der Waals surface area contributed by atoms with Crippen molar-refractivity contribution in [2.45, 2.75) is 13.8 Å². The molecule has 0 aliphatic carbocycles. The normalized spacial score (nSPS) is 11.0. The predicted octanol–water partition coefficient (Wildman–Crippen LogP) is 0.0219. The van der Waals surface area contributed by atoms with Gasteiger partial charge < -0.3 is 24.8 Å². The third-order valence-corrected chi connectivity index (χ3v) is 3.86. The van der Waals surface area contributed by atoms with Gasteiger partial charge in [0, 0.05) is 5.02 Å². The molecule has 3 nitrogen and oxygen atoms in total. The van der Waals surface area contributed by atoms with E-state index in [2.05, 4.69) is 15.0 Å². The summed E-state index contributed by atoms with van der Waals surface area (Å²) in [5, 5.41) is 0.616. The number of aromatic nitrogens is 1. The van der Waals surface area contributed by atoms with Crippen molar-refractivity contribution in [2.24, 2.45) is 9.98 Å². The van der Waals surface area contributed by atoms with Crippen molar-refractivity contribution in [3.63, 3.8) is 0 Å². The van der Waals surface area contributed by atoms with E-state index in [4.69, 9.17) is 11.6 Å². The first kappa shape index (κ1) is 26.3. The summed E-state index contributed by atoms with van der Waals surface area (Å²) < 4.78 is 0. The zero-order chi connectivity index (χ0) is 17.6. The molecule has 3 aromatic rings. The quantitative estimate of drug-likeness (QED) is 0.388. The summed E-state index contributed by atoms with van der Waals surface area (Å²) in [6, 6.07) is 23.2. The summed E-state index contributed by atoms with van der Waals surface area (Å²) in [6.07, 6.45) is 0. The third-order valence-electron chi connectivity index (χ3n) is 3.64. The van der Waals surface area contributed by atoms with Crippen LogP contribution in [0.4, 0.5) is 11.4 Å². The van der Waals surface area contributed by atoms with Crippen LogP contribution in [0, 0.1) is 0 Å². The summed E-state index contributed by atoms with van der Waals surface area (Å²) in [5.74, 6) is 0. The van der Waals surface area contributed by atoms with Crippen molar-refractivity contribution in [1.29, 1.82) is 0 Å². The van der Waals surface area contributed by atoms with E-state index in [0.29, 0.717) is 5.02 Å². The van der Waals surface area contributed by atoms with Crippen molar-refractivity contribution < 1.29 is 41.9 Å². The van der Waals surface area contributed by atoms with Crippen molar-refractivity contribution in [2.75, 3.05) is 0 Å². The number of aliphatic imine (C=N–C) groups is 2. The average Bonchev–Trinajstić information content (AvgIpc) is 2.63. The summed E-state index contributed by atoms with van der Waals surface area (Å²) in [7, 11) is 0. The van der Waals surface area contributed by atoms with Gasteiger partial charge in [-0.1, -0.05) is 48.0 Å². The van der Waals surface area contributed by atoms with E-state index in [0.717, 1.165) is 34.2 Å². The maximum absolute atomic E-state index is 6.29. The first-order valence-corrected chi connectivity index (χ1v) is 8.38. The number of halogens is 3. The zero-order valence-corrected chi connectivity index (χ0v) is 18.6. The van der Waals surface area contributed by atoms with Gasteiger partial charge in [0.15, 0.2) is 0 Å². The molecule has 0 saturated carbocycles. The Balaban J connectivity index is 0.00000243. The number of nitrogens with zero attached hydrogens (tertiary/aromatic N) is 3. The van der Waals surface area contributed by atoms with Gasteiger partial charge in [0.1, 0.15) is 0 Å². The molecule has 0 N–H and O–H groups in total. The van der Waals surface area contributed by atoms with E-state index in [1.807, 2.05) is 86.6 Å². The van der Waals surface area contributed by atoms with Crippen molar-refractivity contribution in [3.8, 4) is 0 Å². The predicted molar refractivity (Wildman–Crippen MR) is 106 cm³/mol. The Morgan fingerprint density at radius 2 is 1.07 bits per heavy atom. The van der Waals surface area contributed by atoms with Gasteiger partial charge in [0.2, 0.25) is 0 Å². The van der Waals surface area contributed by atoms with Gasteiger partial charge in [0.05, 0.1) is 34.2 Å². The largest absolute Gasteiger partial charge is 2.00 e. The Bertz CT molecular complexity index is 856. The molecular formula is C21H18Cl3FeN3. The number of hydrogen-bond acceptors (Lipinski definition) is 3. The van der Waals surface area contributed by atoms with Gasteiger partial charge >= 0.3 is 17.1 Å². The fraction of sp³-hybridized carbons (Fsp3) is 0.0952. The van der Waals surface area contributed by atoms with E-state index < -0.39 is 0 Å². The van der Waals surface area contributed by atoms with Crippen LogP contribution in [-0.2, 0) is 17.1 Å². The molecule has 0 aliphatic rings. The second-order valence-electron chi connectivity index (χ2n) is 5.62. The average molecular weight is 475 g/mol. The minimum atomic E-state index is 0. The van der Waals surface area contributed by atoms with Gasteiger partial charge in [-0.05, 0) is 50.2 Å². The first-order valence-electron chi connectivity index (χ1n) is 8.01. The zero-order valence-electron chi connectivity index (χ0n) is 15.3. The van der Waals surface area contributed by atoms with Crippen LogP contribution in [0.2, 0.25) is 5.02 Å². The summed E-state index contributed by atoms with van der Waals surface area (Å²) >= 11 is 6.29. The molecule has 0 fully saturated rings. The Kier molecular flexibility index (Phi) is 12.0. The molecule has 0 radical (unpaired) electrons. The van der Waals surface area contributed by atoms with Crippen LogP contribution in [0.15, 0.2) is 82.8 Å². The molecule has 2 aromatic carbocycles. The van der Waals surface area contributed by atoms with Crippen LogP contribution in [0.5, 0.6) is 0 Å². The number of hydrogen-bond donors (Lipinski definition) is 0. The Hall–Kier alpha value is -1.68. The van der Waals surface area contributed by atoms with Gasteiger partial charge in [-0.2, -0.15) is 0 Å². The van der Waals surface area contributed by atoms with Crippen LogP contribution in [0.25, 0.3) is 0 Å². The van der Waals surface area contributed by atoms with E-state index in [-0.39, 0.29) is 41.9 Å². The molecule has 1 heterocycles. The van der Waals surface area contributed by atoms with Gasteiger partial charge in [-0.15, -0.1) is 0 Å². The van der Waals surface area contributed by atoms with Gasteiger partial charge in [0.25, 0.3) is 0 Å². The van der Waals surface area contributed by atoms with Crippen molar-refractivity contribution in [3.05, 3.63) is 89.2 Å². The molecule has 0 saturated heterocycles. The maximum atomic E-state index is 6.29. The molecule has 28 heavy (non-hydrogen) atoms. The Morgan fingerprint density at radius 3 is 1.43 bits per heavy atom. The molecule has 146 valence electrons. The van der Waals surface area contributed by atoms with Crippen LogP contribution >= 0.6 is 11.6 Å². The molecule has 0 amide bonds. The summed E-state index contributed by atoms with van der Waals surface area (Å²) in [6.45, 7) is 3.86. The van der Waals surface area contributed by atoms with E-state index in [1.54, 1.807) is 0 Å². The van der Waals surface area contributed by atoms with Crippen LogP contribution in [0.3, 0.4) is 0 Å². The summed E-state index contributed by atoms with van der Waals surface area (Å²) in [4.78, 5) is 13.9. The van der Waals surface area contributed by atoms with Crippen LogP contribution in [-0.4, -0.2) is 16.4 Å². The minimum absolute atomic E-state index is 0. The Labute approximate surface area is 193 Å². The number of rotatable bonds is 4. The molecule has 7 heteroatoms. The molecule has 0 atom stereocenters. The van der Waals surface area contributed by atoms with Crippen LogP contribution in [0.1, 0.15) is 25.2 Å². The number of para-hydroxylation sites is 2. The van der Waals surface area contributed by atoms with E-state index >= 15 is 0 Å². The van der Waals surface area contributed by atoms with E-state index in [9.17, 15) is 0 Å². The third kappa shape index (κ3) is 7.38. The molecule has 0 bridgehead atoms. The molecule has 0 spiro atoms. The molecule has 0 aliphatic heterocycles. The molecular weight excluding hydrogens is 456 g/mol. The topological polar surface area (TPSA) is 37.6 Å². The van der Waals surface area contributed by atoms with Crippen molar-refractivity contribution >= 4 is 34.4 Å². The van der Waals surface area contributed by atoms with Crippen molar-refractivity contribution in [1.82, 2.24) is 4.98 Å². The molecule has 1 aromatic heterocycles. The van der Waals surface area contributed by atoms with Gasteiger partial charge in [-0.25, -0.2) is 4.98 Å².